The Morgan fingerprint density at radius 1 is 1.00 bits per heavy atom. The topological polar surface area (TPSA) is 136 Å². The highest BCUT2D eigenvalue weighted by molar-refractivity contribution is 7.89. The summed E-state index contributed by atoms with van der Waals surface area (Å²) < 4.78 is 29.5. The lowest BCUT2D eigenvalue weighted by atomic mass is 10.2. The van der Waals surface area contributed by atoms with Crippen LogP contribution in [0.15, 0.2) is 71.6 Å². The fourth-order valence-electron chi connectivity index (χ4n) is 2.85. The minimum absolute atomic E-state index is 0.193. The summed E-state index contributed by atoms with van der Waals surface area (Å²) in [6, 6.07) is 17.3. The first kappa shape index (κ1) is 21.4. The molecule has 3 aromatic rings. The summed E-state index contributed by atoms with van der Waals surface area (Å²) in [5, 5.41) is 15.4. The molecule has 0 unspecified atom stereocenters. The molecule has 30 heavy (non-hydrogen) atoms. The molecule has 0 aliphatic rings. The smallest absolute Gasteiger partial charge is 0.324 e. The van der Waals surface area contributed by atoms with E-state index in [-0.39, 0.29) is 28.8 Å². The van der Waals surface area contributed by atoms with Gasteiger partial charge in [0.05, 0.1) is 16.4 Å². The molecule has 0 atom stereocenters. The van der Waals surface area contributed by atoms with Crippen LogP contribution in [0.5, 0.6) is 11.5 Å². The number of nitrogens with two attached hydrogens (primary N) is 2. The molecule has 0 saturated carbocycles. The van der Waals surface area contributed by atoms with Crippen molar-refractivity contribution in [2.45, 2.75) is 11.5 Å². The van der Waals surface area contributed by atoms with Crippen molar-refractivity contribution in [1.29, 1.82) is 0 Å². The van der Waals surface area contributed by atoms with Gasteiger partial charge in [0.1, 0.15) is 17.3 Å². The molecule has 0 fully saturated rings. The highest BCUT2D eigenvalue weighted by Gasteiger charge is 2.28. The third-order valence-corrected chi connectivity index (χ3v) is 5.56. The van der Waals surface area contributed by atoms with Gasteiger partial charge in [-0.05, 0) is 29.8 Å². The third kappa shape index (κ3) is 4.48. The summed E-state index contributed by atoms with van der Waals surface area (Å²) >= 11 is 5.89. The van der Waals surface area contributed by atoms with Gasteiger partial charge in [-0.2, -0.15) is 0 Å². The number of primary amides is 1. The zero-order valence-corrected chi connectivity index (χ0v) is 17.1. The summed E-state index contributed by atoms with van der Waals surface area (Å²) in [6.07, 6.45) is 0. The number of phenols is 1. The molecule has 3 aromatic carbocycles. The third-order valence-electron chi connectivity index (χ3n) is 4.15. The number of hydrogen-bond acceptors (Lipinski definition) is 5. The van der Waals surface area contributed by atoms with Crippen LogP contribution in [0.1, 0.15) is 5.56 Å². The van der Waals surface area contributed by atoms with Crippen molar-refractivity contribution < 1.29 is 23.1 Å². The Hall–Kier alpha value is -3.27. The van der Waals surface area contributed by atoms with Gasteiger partial charge in [0.15, 0.2) is 5.75 Å². The average molecular weight is 448 g/mol. The van der Waals surface area contributed by atoms with Gasteiger partial charge in [-0.15, -0.1) is 0 Å². The maximum atomic E-state index is 12.3. The number of carbonyl (C=O) groups excluding carboxylic acids is 1. The van der Waals surface area contributed by atoms with Gasteiger partial charge in [0.25, 0.3) is 0 Å². The van der Waals surface area contributed by atoms with Crippen molar-refractivity contribution in [3.63, 3.8) is 0 Å². The molecule has 0 heterocycles. The second-order valence-corrected chi connectivity index (χ2v) is 8.11. The number of nitrogens with zero attached hydrogens (tertiary/aromatic N) is 1. The predicted molar refractivity (Wildman–Crippen MR) is 113 cm³/mol. The van der Waals surface area contributed by atoms with Gasteiger partial charge in [-0.3, -0.25) is 4.90 Å². The van der Waals surface area contributed by atoms with E-state index in [9.17, 15) is 18.3 Å². The summed E-state index contributed by atoms with van der Waals surface area (Å²) in [5.41, 5.74) is 6.42. The van der Waals surface area contributed by atoms with Crippen molar-refractivity contribution in [3.8, 4) is 11.5 Å². The maximum absolute atomic E-state index is 12.3. The van der Waals surface area contributed by atoms with E-state index in [4.69, 9.17) is 27.2 Å². The number of primary sulfonamides is 1. The molecule has 3 rings (SSSR count). The van der Waals surface area contributed by atoms with Gasteiger partial charge >= 0.3 is 6.03 Å². The molecule has 0 bridgehead atoms. The van der Waals surface area contributed by atoms with E-state index in [0.29, 0.717) is 0 Å². The van der Waals surface area contributed by atoms with Crippen LogP contribution in [0, 0.1) is 0 Å². The lowest BCUT2D eigenvalue weighted by molar-refractivity contribution is 0.255. The van der Waals surface area contributed by atoms with Crippen LogP contribution in [0.25, 0.3) is 0 Å². The number of anilines is 2. The number of rotatable bonds is 6. The van der Waals surface area contributed by atoms with Gasteiger partial charge in [-0.25, -0.2) is 18.4 Å². The van der Waals surface area contributed by atoms with Crippen LogP contribution in [-0.4, -0.2) is 19.6 Å². The Kier molecular flexibility index (Phi) is 6.16. The van der Waals surface area contributed by atoms with Crippen molar-refractivity contribution in [3.05, 3.63) is 77.3 Å². The molecule has 0 aliphatic heterocycles. The number of sulfonamides is 1. The van der Waals surface area contributed by atoms with Crippen LogP contribution in [0.3, 0.4) is 0 Å². The quantitative estimate of drug-likeness (QED) is 0.531. The number of aromatic hydroxyl groups is 1. The largest absolute Gasteiger partial charge is 0.504 e. The molecule has 10 heteroatoms. The molecule has 5 N–H and O–H groups in total. The van der Waals surface area contributed by atoms with E-state index in [1.165, 1.54) is 18.2 Å². The number of carbonyl (C=O) groups is 1. The van der Waals surface area contributed by atoms with Crippen LogP contribution in [0.4, 0.5) is 16.2 Å². The van der Waals surface area contributed by atoms with Crippen LogP contribution < -0.4 is 20.5 Å². The van der Waals surface area contributed by atoms with Crippen LogP contribution in [0.2, 0.25) is 5.02 Å². The Morgan fingerprint density at radius 3 is 2.27 bits per heavy atom. The molecule has 0 spiro atoms. The van der Waals surface area contributed by atoms with Crippen molar-refractivity contribution >= 4 is 39.0 Å². The Labute approximate surface area is 178 Å². The van der Waals surface area contributed by atoms with E-state index in [1.54, 1.807) is 18.2 Å². The molecule has 8 nitrogen and oxygen atoms in total. The number of urea groups is 1. The molecule has 2 amide bonds. The number of amides is 2. The number of benzene rings is 3. The normalized spacial score (nSPS) is 11.1. The van der Waals surface area contributed by atoms with E-state index in [1.807, 2.05) is 30.3 Å². The SMILES string of the molecule is NC(=O)N(c1ccccc1OCc1ccccc1)c1ccc(Cl)c(S(N)(=O)=O)c1O. The molecule has 0 aromatic heterocycles. The fourth-order valence-corrected chi connectivity index (χ4v) is 4.04. The minimum atomic E-state index is -4.38. The Morgan fingerprint density at radius 2 is 1.63 bits per heavy atom. The standard InChI is InChI=1S/C20H18ClN3O5S/c21-14-10-11-16(18(25)19(14)30(23,27)28)24(20(22)26)15-8-4-5-9-17(15)29-12-13-6-2-1-3-7-13/h1-11,25H,12H2,(H2,22,26)(H2,23,27,28). The average Bonchev–Trinajstić information content (AvgIpc) is 2.69. The molecule has 0 radical (unpaired) electrons. The highest BCUT2D eigenvalue weighted by Crippen LogP contribution is 2.43. The molecule has 0 saturated heterocycles. The predicted octanol–water partition coefficient (Wildman–Crippen LogP) is 3.49. The second kappa shape index (κ2) is 8.62. The van der Waals surface area contributed by atoms with Gasteiger partial charge in [0.2, 0.25) is 10.0 Å². The second-order valence-electron chi connectivity index (χ2n) is 6.20. The number of phenolic OH excluding ortho intramolecular Hbond substituents is 1. The van der Waals surface area contributed by atoms with Crippen molar-refractivity contribution in [2.24, 2.45) is 10.9 Å². The first-order valence-corrected chi connectivity index (χ1v) is 10.5. The summed E-state index contributed by atoms with van der Waals surface area (Å²) in [7, 11) is -4.38. The molecule has 156 valence electrons. The van der Waals surface area contributed by atoms with Gasteiger partial charge < -0.3 is 15.6 Å². The zero-order chi connectivity index (χ0) is 21.9. The maximum Gasteiger partial charge on any atom is 0.324 e. The zero-order valence-electron chi connectivity index (χ0n) is 15.5. The van der Waals surface area contributed by atoms with Crippen LogP contribution in [-0.2, 0) is 16.6 Å². The monoisotopic (exact) mass is 447 g/mol. The molecular weight excluding hydrogens is 430 g/mol. The van der Waals surface area contributed by atoms with E-state index >= 15 is 0 Å². The number of hydrogen-bond donors (Lipinski definition) is 3. The summed E-state index contributed by atoms with van der Waals surface area (Å²) in [5.74, 6) is -0.520. The number of halogens is 1. The Balaban J connectivity index is 2.08. The lowest BCUT2D eigenvalue weighted by Crippen LogP contribution is -2.32. The first-order valence-electron chi connectivity index (χ1n) is 8.59. The highest BCUT2D eigenvalue weighted by atomic mass is 35.5. The first-order chi connectivity index (χ1) is 14.2. The van der Waals surface area contributed by atoms with Crippen LogP contribution >= 0.6 is 11.6 Å². The van der Waals surface area contributed by atoms with E-state index in [2.05, 4.69) is 0 Å². The summed E-state index contributed by atoms with van der Waals surface area (Å²) in [6.45, 7) is 0.208. The minimum Gasteiger partial charge on any atom is -0.504 e. The van der Waals surface area contributed by atoms with Gasteiger partial charge in [0, 0.05) is 0 Å². The fraction of sp³-hybridized carbons (Fsp3) is 0.0500. The van der Waals surface area contributed by atoms with Crippen molar-refractivity contribution in [1.82, 2.24) is 0 Å². The van der Waals surface area contributed by atoms with Gasteiger partial charge in [-0.1, -0.05) is 54.1 Å². The lowest BCUT2D eigenvalue weighted by Gasteiger charge is -2.25. The number of para-hydroxylation sites is 2. The molecule has 0 aliphatic carbocycles. The van der Waals surface area contributed by atoms with E-state index in [0.717, 1.165) is 10.5 Å². The molecular formula is C20H18ClN3O5S. The number of ether oxygens (including phenoxy) is 1. The summed E-state index contributed by atoms with van der Waals surface area (Å²) in [4.78, 5) is 12.5. The van der Waals surface area contributed by atoms with Crippen molar-refractivity contribution in [2.75, 3.05) is 4.90 Å². The Bertz CT molecular complexity index is 1190. The van der Waals surface area contributed by atoms with E-state index < -0.39 is 26.7 Å².